The van der Waals surface area contributed by atoms with E-state index in [2.05, 4.69) is 10.5 Å². The van der Waals surface area contributed by atoms with Crippen molar-refractivity contribution >= 4 is 11.9 Å². The van der Waals surface area contributed by atoms with E-state index in [0.29, 0.717) is 17.2 Å². The molecule has 7 heteroatoms. The van der Waals surface area contributed by atoms with Crippen molar-refractivity contribution in [2.75, 3.05) is 13.7 Å². The fraction of sp³-hybridized carbons (Fsp3) is 0.190. The van der Waals surface area contributed by atoms with Crippen molar-refractivity contribution in [3.05, 3.63) is 71.5 Å². The minimum absolute atomic E-state index is 0.212. The van der Waals surface area contributed by atoms with Gasteiger partial charge in [-0.15, -0.1) is 0 Å². The maximum Gasteiger partial charge on any atom is 0.344 e. The number of methoxy groups -OCH3 is 1. The van der Waals surface area contributed by atoms with Crippen molar-refractivity contribution in [2.45, 2.75) is 13.5 Å². The summed E-state index contributed by atoms with van der Waals surface area (Å²) in [6.07, 6.45) is 0. The van der Waals surface area contributed by atoms with Crippen LogP contribution in [0, 0.1) is 6.92 Å². The third kappa shape index (κ3) is 4.37. The number of nitrogens with one attached hydrogen (secondary N) is 1. The lowest BCUT2D eigenvalue weighted by atomic mass is 10.1. The fourth-order valence-corrected chi connectivity index (χ4v) is 2.70. The second-order valence-electron chi connectivity index (χ2n) is 5.99. The lowest BCUT2D eigenvalue weighted by Crippen LogP contribution is -2.28. The molecule has 1 aromatic heterocycles. The second kappa shape index (κ2) is 8.85. The maximum atomic E-state index is 12.5. The van der Waals surface area contributed by atoms with Crippen LogP contribution in [-0.4, -0.2) is 30.7 Å². The summed E-state index contributed by atoms with van der Waals surface area (Å²) in [4.78, 5) is 24.5. The van der Waals surface area contributed by atoms with Gasteiger partial charge >= 0.3 is 5.97 Å². The topological polar surface area (TPSA) is 90.7 Å². The first kappa shape index (κ1) is 19.2. The molecule has 1 N–H and O–H groups in total. The number of para-hydroxylation sites is 1. The zero-order valence-corrected chi connectivity index (χ0v) is 15.6. The quantitative estimate of drug-likeness (QED) is 0.633. The molecule has 0 unspecified atom stereocenters. The maximum absolute atomic E-state index is 12.5. The molecule has 144 valence electrons. The van der Waals surface area contributed by atoms with Gasteiger partial charge in [-0.2, -0.15) is 0 Å². The Morgan fingerprint density at radius 1 is 1.07 bits per heavy atom. The molecule has 3 rings (SSSR count). The van der Waals surface area contributed by atoms with E-state index in [1.807, 2.05) is 48.5 Å². The van der Waals surface area contributed by atoms with Crippen molar-refractivity contribution in [1.82, 2.24) is 10.5 Å². The van der Waals surface area contributed by atoms with Crippen LogP contribution < -0.4 is 10.1 Å². The van der Waals surface area contributed by atoms with E-state index in [-0.39, 0.29) is 12.1 Å². The Hall–Kier alpha value is -3.61. The summed E-state index contributed by atoms with van der Waals surface area (Å²) < 4.78 is 15.5. The molecular formula is C21H20N2O5. The largest absolute Gasteiger partial charge is 0.496 e. The number of hydrogen-bond acceptors (Lipinski definition) is 6. The van der Waals surface area contributed by atoms with Gasteiger partial charge in [0.05, 0.1) is 7.11 Å². The van der Waals surface area contributed by atoms with Gasteiger partial charge in [-0.3, -0.25) is 4.79 Å². The molecule has 0 spiro atoms. The van der Waals surface area contributed by atoms with E-state index in [0.717, 1.165) is 11.1 Å². The Bertz CT molecular complexity index is 966. The molecule has 1 amide bonds. The van der Waals surface area contributed by atoms with Crippen LogP contribution in [0.15, 0.2) is 59.1 Å². The van der Waals surface area contributed by atoms with E-state index in [9.17, 15) is 9.59 Å². The summed E-state index contributed by atoms with van der Waals surface area (Å²) in [6.45, 7) is 1.48. The highest BCUT2D eigenvalue weighted by molar-refractivity contribution is 5.98. The van der Waals surface area contributed by atoms with Crippen LogP contribution in [0.4, 0.5) is 0 Å². The molecule has 28 heavy (non-hydrogen) atoms. The van der Waals surface area contributed by atoms with Crippen LogP contribution in [0.25, 0.3) is 11.3 Å². The number of aromatic nitrogens is 1. The lowest BCUT2D eigenvalue weighted by molar-refractivity contribution is -0.124. The number of carbonyl (C=O) groups is 2. The van der Waals surface area contributed by atoms with Gasteiger partial charge in [-0.05, 0) is 13.0 Å². The molecule has 2 aromatic carbocycles. The normalized spacial score (nSPS) is 10.4. The van der Waals surface area contributed by atoms with Crippen LogP contribution in [0.1, 0.15) is 21.7 Å². The molecule has 0 radical (unpaired) electrons. The number of nitrogens with zero attached hydrogens (tertiary/aromatic N) is 1. The van der Waals surface area contributed by atoms with Crippen LogP contribution in [0.5, 0.6) is 5.75 Å². The number of rotatable bonds is 7. The minimum atomic E-state index is -0.662. The van der Waals surface area contributed by atoms with Gasteiger partial charge in [-0.25, -0.2) is 4.79 Å². The number of esters is 1. The van der Waals surface area contributed by atoms with Crippen LogP contribution in [0.3, 0.4) is 0 Å². The van der Waals surface area contributed by atoms with Gasteiger partial charge in [0, 0.05) is 17.7 Å². The molecule has 0 saturated carbocycles. The molecule has 0 aliphatic rings. The number of ether oxygens (including phenoxy) is 2. The van der Waals surface area contributed by atoms with E-state index >= 15 is 0 Å². The highest BCUT2D eigenvalue weighted by atomic mass is 16.5. The first-order valence-electron chi connectivity index (χ1n) is 8.67. The van der Waals surface area contributed by atoms with E-state index in [1.54, 1.807) is 20.1 Å². The third-order valence-corrected chi connectivity index (χ3v) is 4.12. The van der Waals surface area contributed by atoms with Crippen molar-refractivity contribution in [1.29, 1.82) is 0 Å². The van der Waals surface area contributed by atoms with Gasteiger partial charge in [0.15, 0.2) is 6.61 Å². The Labute approximate surface area is 162 Å². The highest BCUT2D eigenvalue weighted by Gasteiger charge is 2.23. The average Bonchev–Trinajstić information content (AvgIpc) is 3.12. The van der Waals surface area contributed by atoms with E-state index < -0.39 is 18.5 Å². The zero-order chi connectivity index (χ0) is 19.9. The minimum Gasteiger partial charge on any atom is -0.496 e. The first-order valence-corrected chi connectivity index (χ1v) is 8.67. The van der Waals surface area contributed by atoms with Crippen molar-refractivity contribution < 1.29 is 23.6 Å². The van der Waals surface area contributed by atoms with Gasteiger partial charge in [-0.1, -0.05) is 53.7 Å². The number of carbonyl (C=O) groups excluding carboxylic acids is 2. The molecule has 0 bridgehead atoms. The Morgan fingerprint density at radius 3 is 2.54 bits per heavy atom. The molecule has 0 fully saturated rings. The lowest BCUT2D eigenvalue weighted by Gasteiger charge is -2.10. The van der Waals surface area contributed by atoms with Crippen molar-refractivity contribution in [2.24, 2.45) is 0 Å². The molecular weight excluding hydrogens is 360 g/mol. The van der Waals surface area contributed by atoms with Crippen LogP contribution >= 0.6 is 0 Å². The Kier molecular flexibility index (Phi) is 6.06. The predicted molar refractivity (Wildman–Crippen MR) is 102 cm³/mol. The SMILES string of the molecule is COc1ccccc1CNC(=O)COC(=O)c1c(-c2ccccc2)noc1C. The summed E-state index contributed by atoms with van der Waals surface area (Å²) in [5.74, 6) is -0.0784. The standard InChI is InChI=1S/C21H20N2O5/c1-14-19(20(23-28-14)15-8-4-3-5-9-15)21(25)27-13-18(24)22-12-16-10-6-7-11-17(16)26-2/h3-11H,12-13H2,1-2H3,(H,22,24). The molecule has 0 aliphatic carbocycles. The van der Waals surface area contributed by atoms with E-state index in [4.69, 9.17) is 14.0 Å². The highest BCUT2D eigenvalue weighted by Crippen LogP contribution is 2.25. The number of aryl methyl sites for hydroxylation is 1. The molecule has 0 atom stereocenters. The van der Waals surface area contributed by atoms with Gasteiger partial charge in [0.2, 0.25) is 0 Å². The molecule has 0 aliphatic heterocycles. The Balaban J connectivity index is 1.60. The number of amides is 1. The summed E-state index contributed by atoms with van der Waals surface area (Å²) in [6, 6.07) is 16.5. The van der Waals surface area contributed by atoms with Crippen LogP contribution in [-0.2, 0) is 16.1 Å². The summed E-state index contributed by atoms with van der Waals surface area (Å²) >= 11 is 0. The number of benzene rings is 2. The van der Waals surface area contributed by atoms with Gasteiger partial charge in [0.25, 0.3) is 5.91 Å². The zero-order valence-electron chi connectivity index (χ0n) is 15.6. The molecule has 0 saturated heterocycles. The monoisotopic (exact) mass is 380 g/mol. The Morgan fingerprint density at radius 2 is 1.79 bits per heavy atom. The third-order valence-electron chi connectivity index (χ3n) is 4.12. The smallest absolute Gasteiger partial charge is 0.344 e. The van der Waals surface area contributed by atoms with E-state index in [1.165, 1.54) is 0 Å². The molecule has 3 aromatic rings. The number of hydrogen-bond donors (Lipinski definition) is 1. The predicted octanol–water partition coefficient (Wildman–Crippen LogP) is 3.13. The molecule has 7 nitrogen and oxygen atoms in total. The van der Waals surface area contributed by atoms with Crippen molar-refractivity contribution in [3.8, 4) is 17.0 Å². The summed E-state index contributed by atoms with van der Waals surface area (Å²) in [5, 5.41) is 6.64. The summed E-state index contributed by atoms with van der Waals surface area (Å²) in [5.41, 5.74) is 2.15. The van der Waals surface area contributed by atoms with Gasteiger partial charge in [0.1, 0.15) is 22.8 Å². The fourth-order valence-electron chi connectivity index (χ4n) is 2.70. The molecule has 1 heterocycles. The first-order chi connectivity index (χ1) is 13.6. The summed E-state index contributed by atoms with van der Waals surface area (Å²) in [7, 11) is 1.56. The average molecular weight is 380 g/mol. The van der Waals surface area contributed by atoms with Crippen LogP contribution in [0.2, 0.25) is 0 Å². The van der Waals surface area contributed by atoms with Gasteiger partial charge < -0.3 is 19.3 Å². The van der Waals surface area contributed by atoms with Crippen molar-refractivity contribution in [3.63, 3.8) is 0 Å². The second-order valence-corrected chi connectivity index (χ2v) is 5.99.